The number of hydrazine groups is 1. The molecule has 0 amide bonds. The number of hydrogen-bond donors (Lipinski definition) is 3. The Morgan fingerprint density at radius 1 is 1.30 bits per heavy atom. The molecule has 60 valence electrons. The third-order valence-corrected chi connectivity index (χ3v) is 1.92. The van der Waals surface area contributed by atoms with E-state index in [2.05, 4.69) is 16.2 Å². The number of rotatable bonds is 2. The van der Waals surface area contributed by atoms with Gasteiger partial charge in [-0.1, -0.05) is 0 Å². The number of hydrogen-bond acceptors (Lipinski definition) is 3. The summed E-state index contributed by atoms with van der Waals surface area (Å²) in [5.41, 5.74) is 6.22. The highest BCUT2D eigenvalue weighted by molar-refractivity contribution is 4.69. The highest BCUT2D eigenvalue weighted by Gasteiger charge is 2.08. The molecule has 1 saturated heterocycles. The molecule has 1 unspecified atom stereocenters. The van der Waals surface area contributed by atoms with Crippen LogP contribution < -0.4 is 16.2 Å². The van der Waals surface area contributed by atoms with Crippen LogP contribution >= 0.6 is 0 Å². The van der Waals surface area contributed by atoms with Crippen molar-refractivity contribution < 1.29 is 0 Å². The van der Waals surface area contributed by atoms with E-state index >= 15 is 0 Å². The molecule has 10 heavy (non-hydrogen) atoms. The minimum absolute atomic E-state index is 0.667. The van der Waals surface area contributed by atoms with Crippen LogP contribution in [0.2, 0.25) is 0 Å². The molecular formula is C7H17N3. The minimum Gasteiger partial charge on any atom is -0.317 e. The molecule has 1 atom stereocenters. The van der Waals surface area contributed by atoms with Gasteiger partial charge in [-0.15, -0.1) is 0 Å². The molecule has 0 radical (unpaired) electrons. The van der Waals surface area contributed by atoms with Gasteiger partial charge in [0, 0.05) is 6.04 Å². The Morgan fingerprint density at radius 2 is 2.20 bits per heavy atom. The molecule has 1 rings (SSSR count). The van der Waals surface area contributed by atoms with E-state index < -0.39 is 0 Å². The quantitative estimate of drug-likeness (QED) is 0.471. The Labute approximate surface area is 62.5 Å². The van der Waals surface area contributed by atoms with Gasteiger partial charge in [0.25, 0.3) is 0 Å². The molecule has 0 aromatic rings. The second kappa shape index (κ2) is 4.66. The smallest absolute Gasteiger partial charge is 0.0225 e. The molecule has 0 saturated carbocycles. The average molecular weight is 143 g/mol. The average Bonchev–Trinajstić information content (AvgIpc) is 2.17. The fourth-order valence-corrected chi connectivity index (χ4v) is 1.37. The topological polar surface area (TPSA) is 36.1 Å². The Balaban J connectivity index is 2.15. The SMILES string of the molecule is CNNC1CCCNCC1. The van der Waals surface area contributed by atoms with Gasteiger partial charge in [0.1, 0.15) is 0 Å². The van der Waals surface area contributed by atoms with Crippen molar-refractivity contribution in [2.45, 2.75) is 25.3 Å². The zero-order chi connectivity index (χ0) is 7.23. The lowest BCUT2D eigenvalue weighted by Gasteiger charge is -2.13. The lowest BCUT2D eigenvalue weighted by molar-refractivity contribution is 0.426. The van der Waals surface area contributed by atoms with Crippen molar-refractivity contribution in [3.8, 4) is 0 Å². The fraction of sp³-hybridized carbons (Fsp3) is 1.00. The standard InChI is InChI=1S/C7H17N3/c1-8-10-7-3-2-5-9-6-4-7/h7-10H,2-6H2,1H3. The molecule has 3 nitrogen and oxygen atoms in total. The van der Waals surface area contributed by atoms with E-state index in [1.54, 1.807) is 0 Å². The van der Waals surface area contributed by atoms with Gasteiger partial charge in [0.05, 0.1) is 0 Å². The van der Waals surface area contributed by atoms with Gasteiger partial charge in [0.2, 0.25) is 0 Å². The largest absolute Gasteiger partial charge is 0.317 e. The van der Waals surface area contributed by atoms with Gasteiger partial charge in [-0.05, 0) is 39.4 Å². The summed E-state index contributed by atoms with van der Waals surface area (Å²) < 4.78 is 0. The van der Waals surface area contributed by atoms with Crippen molar-refractivity contribution in [3.63, 3.8) is 0 Å². The lowest BCUT2D eigenvalue weighted by Crippen LogP contribution is -2.38. The molecule has 1 heterocycles. The van der Waals surface area contributed by atoms with E-state index in [0.717, 1.165) is 6.54 Å². The summed E-state index contributed by atoms with van der Waals surface area (Å²) in [6.45, 7) is 2.33. The third-order valence-electron chi connectivity index (χ3n) is 1.92. The first kappa shape index (κ1) is 7.98. The minimum atomic E-state index is 0.667. The summed E-state index contributed by atoms with van der Waals surface area (Å²) in [6.07, 6.45) is 3.81. The van der Waals surface area contributed by atoms with Crippen LogP contribution in [0.3, 0.4) is 0 Å². The molecule has 3 N–H and O–H groups in total. The molecule has 1 aliphatic heterocycles. The first-order valence-electron chi connectivity index (χ1n) is 4.06. The maximum Gasteiger partial charge on any atom is 0.0225 e. The molecule has 0 aromatic heterocycles. The van der Waals surface area contributed by atoms with Crippen LogP contribution in [-0.4, -0.2) is 26.2 Å². The van der Waals surface area contributed by atoms with Crippen molar-refractivity contribution in [2.24, 2.45) is 0 Å². The molecule has 0 aromatic carbocycles. The van der Waals surface area contributed by atoms with Crippen LogP contribution in [0.4, 0.5) is 0 Å². The van der Waals surface area contributed by atoms with E-state index in [9.17, 15) is 0 Å². The summed E-state index contributed by atoms with van der Waals surface area (Å²) in [6, 6.07) is 0.667. The summed E-state index contributed by atoms with van der Waals surface area (Å²) >= 11 is 0. The zero-order valence-electron chi connectivity index (χ0n) is 6.61. The Morgan fingerprint density at radius 3 is 3.00 bits per heavy atom. The molecule has 0 spiro atoms. The van der Waals surface area contributed by atoms with E-state index in [1.807, 2.05) is 7.05 Å². The molecule has 3 heteroatoms. The second-order valence-corrected chi connectivity index (χ2v) is 2.77. The van der Waals surface area contributed by atoms with Crippen LogP contribution in [0.25, 0.3) is 0 Å². The van der Waals surface area contributed by atoms with Crippen molar-refractivity contribution in [2.75, 3.05) is 20.1 Å². The van der Waals surface area contributed by atoms with Crippen LogP contribution in [0.1, 0.15) is 19.3 Å². The zero-order valence-corrected chi connectivity index (χ0v) is 6.61. The van der Waals surface area contributed by atoms with Crippen molar-refractivity contribution in [1.82, 2.24) is 16.2 Å². The van der Waals surface area contributed by atoms with Crippen molar-refractivity contribution in [1.29, 1.82) is 0 Å². The molecule has 0 bridgehead atoms. The maximum atomic E-state index is 3.37. The summed E-state index contributed by atoms with van der Waals surface area (Å²) in [5, 5.41) is 3.37. The van der Waals surface area contributed by atoms with Crippen LogP contribution in [-0.2, 0) is 0 Å². The first-order chi connectivity index (χ1) is 4.93. The molecule has 1 aliphatic rings. The molecule has 1 fully saturated rings. The summed E-state index contributed by atoms with van der Waals surface area (Å²) in [4.78, 5) is 0. The maximum absolute atomic E-state index is 3.37. The summed E-state index contributed by atoms with van der Waals surface area (Å²) in [7, 11) is 1.93. The second-order valence-electron chi connectivity index (χ2n) is 2.77. The van der Waals surface area contributed by atoms with Crippen molar-refractivity contribution in [3.05, 3.63) is 0 Å². The van der Waals surface area contributed by atoms with Gasteiger partial charge >= 0.3 is 0 Å². The van der Waals surface area contributed by atoms with Crippen LogP contribution in [0, 0.1) is 0 Å². The highest BCUT2D eigenvalue weighted by atomic mass is 15.3. The van der Waals surface area contributed by atoms with E-state index in [4.69, 9.17) is 0 Å². The van der Waals surface area contributed by atoms with E-state index in [-0.39, 0.29) is 0 Å². The molecule has 0 aliphatic carbocycles. The Bertz CT molecular complexity index is 76.9. The number of nitrogens with one attached hydrogen (secondary N) is 3. The normalized spacial score (nSPS) is 27.9. The van der Waals surface area contributed by atoms with Gasteiger partial charge in [-0.2, -0.15) is 0 Å². The molecular weight excluding hydrogens is 126 g/mol. The van der Waals surface area contributed by atoms with Gasteiger partial charge in [-0.3, -0.25) is 10.9 Å². The lowest BCUT2D eigenvalue weighted by atomic mass is 10.1. The highest BCUT2D eigenvalue weighted by Crippen LogP contribution is 2.02. The Kier molecular flexibility index (Phi) is 3.72. The fourth-order valence-electron chi connectivity index (χ4n) is 1.37. The van der Waals surface area contributed by atoms with Crippen molar-refractivity contribution >= 4 is 0 Å². The van der Waals surface area contributed by atoms with Crippen LogP contribution in [0.5, 0.6) is 0 Å². The van der Waals surface area contributed by atoms with Gasteiger partial charge in [-0.25, -0.2) is 0 Å². The third kappa shape index (κ3) is 2.64. The monoisotopic (exact) mass is 143 g/mol. The van der Waals surface area contributed by atoms with E-state index in [1.165, 1.54) is 25.8 Å². The predicted octanol–water partition coefficient (Wildman–Crippen LogP) is -0.147. The van der Waals surface area contributed by atoms with Crippen LogP contribution in [0.15, 0.2) is 0 Å². The summed E-state index contributed by atoms with van der Waals surface area (Å²) in [5.74, 6) is 0. The predicted molar refractivity (Wildman–Crippen MR) is 42.7 cm³/mol. The Hall–Kier alpha value is -0.120. The van der Waals surface area contributed by atoms with Gasteiger partial charge in [0.15, 0.2) is 0 Å². The first-order valence-corrected chi connectivity index (χ1v) is 4.06. The van der Waals surface area contributed by atoms with Gasteiger partial charge < -0.3 is 5.32 Å². The van der Waals surface area contributed by atoms with E-state index in [0.29, 0.717) is 6.04 Å².